The van der Waals surface area contributed by atoms with Crippen molar-refractivity contribution in [2.24, 2.45) is 0 Å². The summed E-state index contributed by atoms with van der Waals surface area (Å²) in [5.41, 5.74) is 13.6. The molecule has 0 spiro atoms. The minimum atomic E-state index is -0.263. The van der Waals surface area contributed by atoms with Crippen LogP contribution in [-0.4, -0.2) is 54.0 Å². The zero-order valence-electron chi connectivity index (χ0n) is 18.8. The van der Waals surface area contributed by atoms with Crippen molar-refractivity contribution < 1.29 is 9.53 Å². The smallest absolute Gasteiger partial charge is 0.253 e. The Bertz CT molecular complexity index is 936. The van der Waals surface area contributed by atoms with Crippen molar-refractivity contribution in [3.8, 4) is 5.75 Å². The number of carbonyl (C=O) groups excluding carboxylic acids is 1. The van der Waals surface area contributed by atoms with Crippen molar-refractivity contribution in [1.82, 2.24) is 9.80 Å². The van der Waals surface area contributed by atoms with Crippen LogP contribution in [-0.2, 0) is 6.42 Å². The van der Waals surface area contributed by atoms with Gasteiger partial charge in [0.05, 0.1) is 0 Å². The Balaban J connectivity index is 1.39. The average Bonchev–Trinajstić information content (AvgIpc) is 3.09. The second-order valence-electron chi connectivity index (χ2n) is 9.26. The molecule has 2 N–H and O–H groups in total. The van der Waals surface area contributed by atoms with E-state index in [4.69, 9.17) is 10.5 Å². The van der Waals surface area contributed by atoms with Crippen LogP contribution in [0.1, 0.15) is 45.1 Å². The highest BCUT2D eigenvalue weighted by atomic mass is 16.5. The van der Waals surface area contributed by atoms with Crippen molar-refractivity contribution in [2.45, 2.75) is 46.6 Å². The molecule has 1 fully saturated rings. The van der Waals surface area contributed by atoms with Gasteiger partial charge < -0.3 is 15.4 Å². The maximum absolute atomic E-state index is 12.8. The van der Waals surface area contributed by atoms with Gasteiger partial charge in [-0.15, -0.1) is 0 Å². The number of aryl methyl sites for hydroxylation is 1. The molecular weight excluding hydrogens is 374 g/mol. The van der Waals surface area contributed by atoms with Gasteiger partial charge in [-0.05, 0) is 63.4 Å². The molecule has 2 aliphatic rings. The van der Waals surface area contributed by atoms with Crippen molar-refractivity contribution in [2.75, 3.05) is 38.5 Å². The molecule has 1 amide bonds. The van der Waals surface area contributed by atoms with Crippen LogP contribution >= 0.6 is 0 Å². The van der Waals surface area contributed by atoms with Crippen LogP contribution in [0.25, 0.3) is 0 Å². The molecule has 2 heterocycles. The highest BCUT2D eigenvalue weighted by molar-refractivity contribution is 5.94. The average molecular weight is 408 g/mol. The Morgan fingerprint density at radius 1 is 1.00 bits per heavy atom. The molecule has 0 bridgehead atoms. The summed E-state index contributed by atoms with van der Waals surface area (Å²) >= 11 is 0. The van der Waals surface area contributed by atoms with Crippen molar-refractivity contribution in [3.63, 3.8) is 0 Å². The molecule has 4 rings (SSSR count). The van der Waals surface area contributed by atoms with Gasteiger partial charge in [0.15, 0.2) is 0 Å². The molecule has 0 radical (unpaired) electrons. The van der Waals surface area contributed by atoms with Gasteiger partial charge in [-0.2, -0.15) is 0 Å². The standard InChI is InChI=1S/C25H33N3O2/c1-16-6-8-20(9-7-16)24(29)28-12-10-27(11-13-28)15-25(5)14-21-19(4)22(26)17(2)18(3)23(21)30-25/h6-9H,10-15,26H2,1-5H3. The molecule has 160 valence electrons. The fourth-order valence-electron chi connectivity index (χ4n) is 4.77. The van der Waals surface area contributed by atoms with Gasteiger partial charge in [0.1, 0.15) is 11.4 Å². The Kier molecular flexibility index (Phi) is 5.27. The van der Waals surface area contributed by atoms with E-state index in [1.54, 1.807) is 0 Å². The van der Waals surface area contributed by atoms with Crippen LogP contribution in [0, 0.1) is 27.7 Å². The van der Waals surface area contributed by atoms with Gasteiger partial charge in [0, 0.05) is 56.0 Å². The zero-order valence-corrected chi connectivity index (χ0v) is 18.8. The zero-order chi connectivity index (χ0) is 21.6. The molecule has 5 heteroatoms. The molecule has 30 heavy (non-hydrogen) atoms. The van der Waals surface area contributed by atoms with E-state index in [0.717, 1.165) is 72.8 Å². The first kappa shape index (κ1) is 20.7. The summed E-state index contributed by atoms with van der Waals surface area (Å²) in [7, 11) is 0. The number of ether oxygens (including phenoxy) is 1. The lowest BCUT2D eigenvalue weighted by atomic mass is 9.91. The van der Waals surface area contributed by atoms with Crippen LogP contribution in [0.2, 0.25) is 0 Å². The molecule has 1 saturated heterocycles. The first-order valence-electron chi connectivity index (χ1n) is 10.8. The lowest BCUT2D eigenvalue weighted by molar-refractivity contribution is 0.0342. The molecular formula is C25H33N3O2. The number of amides is 1. The van der Waals surface area contributed by atoms with Gasteiger partial charge in [-0.1, -0.05) is 17.7 Å². The quantitative estimate of drug-likeness (QED) is 0.789. The van der Waals surface area contributed by atoms with Gasteiger partial charge in [-0.25, -0.2) is 0 Å². The van der Waals surface area contributed by atoms with E-state index in [1.807, 2.05) is 36.1 Å². The molecule has 1 atom stereocenters. The van der Waals surface area contributed by atoms with E-state index in [9.17, 15) is 4.79 Å². The van der Waals surface area contributed by atoms with Gasteiger partial charge >= 0.3 is 0 Å². The summed E-state index contributed by atoms with van der Waals surface area (Å²) in [5, 5.41) is 0. The molecule has 2 aromatic rings. The topological polar surface area (TPSA) is 58.8 Å². The van der Waals surface area contributed by atoms with E-state index in [0.29, 0.717) is 0 Å². The number of nitrogens with zero attached hydrogens (tertiary/aromatic N) is 2. The highest BCUT2D eigenvalue weighted by Crippen LogP contribution is 2.43. The van der Waals surface area contributed by atoms with Gasteiger partial charge in [0.2, 0.25) is 0 Å². The summed E-state index contributed by atoms with van der Waals surface area (Å²) in [6, 6.07) is 7.84. The third-order valence-electron chi connectivity index (χ3n) is 6.85. The van der Waals surface area contributed by atoms with E-state index in [-0.39, 0.29) is 11.5 Å². The number of nitrogen functional groups attached to an aromatic ring is 1. The van der Waals surface area contributed by atoms with Crippen LogP contribution in [0.3, 0.4) is 0 Å². The molecule has 0 saturated carbocycles. The van der Waals surface area contributed by atoms with Crippen molar-refractivity contribution in [3.05, 3.63) is 57.6 Å². The van der Waals surface area contributed by atoms with E-state index in [1.165, 1.54) is 11.1 Å². The summed E-state index contributed by atoms with van der Waals surface area (Å²) in [4.78, 5) is 17.2. The summed E-state index contributed by atoms with van der Waals surface area (Å²) in [6.07, 6.45) is 0.877. The summed E-state index contributed by atoms with van der Waals surface area (Å²) in [6.45, 7) is 14.6. The number of hydrogen-bond donors (Lipinski definition) is 1. The monoisotopic (exact) mass is 407 g/mol. The molecule has 5 nitrogen and oxygen atoms in total. The molecule has 2 aliphatic heterocycles. The normalized spacial score (nSPS) is 21.4. The Morgan fingerprint density at radius 2 is 1.63 bits per heavy atom. The number of carbonyl (C=O) groups is 1. The van der Waals surface area contributed by atoms with Gasteiger partial charge in [0.25, 0.3) is 5.91 Å². The fraction of sp³-hybridized carbons (Fsp3) is 0.480. The molecule has 2 aromatic carbocycles. The largest absolute Gasteiger partial charge is 0.485 e. The Labute approximate surface area is 179 Å². The van der Waals surface area contributed by atoms with E-state index in [2.05, 4.69) is 32.6 Å². The lowest BCUT2D eigenvalue weighted by Crippen LogP contribution is -2.53. The third-order valence-corrected chi connectivity index (χ3v) is 6.85. The van der Waals surface area contributed by atoms with Crippen LogP contribution in [0.4, 0.5) is 5.69 Å². The maximum Gasteiger partial charge on any atom is 0.253 e. The van der Waals surface area contributed by atoms with Crippen LogP contribution < -0.4 is 10.5 Å². The second kappa shape index (κ2) is 7.62. The number of hydrogen-bond acceptors (Lipinski definition) is 4. The van der Waals surface area contributed by atoms with Crippen LogP contribution in [0.15, 0.2) is 24.3 Å². The number of benzene rings is 2. The summed E-state index contributed by atoms with van der Waals surface area (Å²) in [5.74, 6) is 1.15. The predicted molar refractivity (Wildman–Crippen MR) is 121 cm³/mol. The van der Waals surface area contributed by atoms with Crippen molar-refractivity contribution in [1.29, 1.82) is 0 Å². The first-order valence-corrected chi connectivity index (χ1v) is 10.8. The minimum absolute atomic E-state index is 0.127. The fourth-order valence-corrected chi connectivity index (χ4v) is 4.77. The number of piperazine rings is 1. The molecule has 0 aliphatic carbocycles. The van der Waals surface area contributed by atoms with Crippen molar-refractivity contribution >= 4 is 11.6 Å². The molecule has 0 aromatic heterocycles. The van der Waals surface area contributed by atoms with E-state index < -0.39 is 0 Å². The summed E-state index contributed by atoms with van der Waals surface area (Å²) < 4.78 is 6.52. The highest BCUT2D eigenvalue weighted by Gasteiger charge is 2.40. The van der Waals surface area contributed by atoms with Gasteiger partial charge in [-0.3, -0.25) is 9.69 Å². The molecule has 1 unspecified atom stereocenters. The Hall–Kier alpha value is -2.53. The number of fused-ring (bicyclic) bond motifs is 1. The Morgan fingerprint density at radius 3 is 2.27 bits per heavy atom. The minimum Gasteiger partial charge on any atom is -0.485 e. The maximum atomic E-state index is 12.8. The van der Waals surface area contributed by atoms with E-state index >= 15 is 0 Å². The third kappa shape index (κ3) is 3.67. The second-order valence-corrected chi connectivity index (χ2v) is 9.26. The number of rotatable bonds is 3. The van der Waals surface area contributed by atoms with Crippen LogP contribution in [0.5, 0.6) is 5.75 Å². The first-order chi connectivity index (χ1) is 14.2. The predicted octanol–water partition coefficient (Wildman–Crippen LogP) is 3.65. The lowest BCUT2D eigenvalue weighted by Gasteiger charge is -2.38. The number of nitrogens with two attached hydrogens (primary N) is 1. The number of anilines is 1. The SMILES string of the molecule is Cc1ccc(C(=O)N2CCN(CC3(C)Cc4c(C)c(N)c(C)c(C)c4O3)CC2)cc1.